The van der Waals surface area contributed by atoms with E-state index in [-0.39, 0.29) is 17.3 Å². The summed E-state index contributed by atoms with van der Waals surface area (Å²) >= 11 is 0. The van der Waals surface area contributed by atoms with Crippen LogP contribution in [0.15, 0.2) is 30.3 Å². The molecular weight excluding hydrogens is 270 g/mol. The molecule has 6 heteroatoms. The van der Waals surface area contributed by atoms with Gasteiger partial charge in [-0.1, -0.05) is 0 Å². The van der Waals surface area contributed by atoms with Crippen molar-refractivity contribution in [2.24, 2.45) is 0 Å². The molecule has 1 N–H and O–H groups in total. The lowest BCUT2D eigenvalue weighted by molar-refractivity contribution is -0.383. The number of nitro groups is 1. The molecule has 0 fully saturated rings. The molecular formula is C15H15N3O3. The lowest BCUT2D eigenvalue weighted by atomic mass is 10.0. The van der Waals surface area contributed by atoms with Crippen LogP contribution >= 0.6 is 0 Å². The van der Waals surface area contributed by atoms with Gasteiger partial charge in [-0.15, -0.1) is 0 Å². The molecule has 6 nitrogen and oxygen atoms in total. The highest BCUT2D eigenvalue weighted by molar-refractivity contribution is 5.92. The fourth-order valence-corrected chi connectivity index (χ4v) is 2.17. The van der Waals surface area contributed by atoms with Gasteiger partial charge in [0.2, 0.25) is 5.91 Å². The van der Waals surface area contributed by atoms with E-state index in [4.69, 9.17) is 0 Å². The molecule has 0 saturated carbocycles. The van der Waals surface area contributed by atoms with Gasteiger partial charge < -0.3 is 5.32 Å². The molecule has 1 amide bonds. The van der Waals surface area contributed by atoms with Crippen molar-refractivity contribution >= 4 is 17.3 Å². The maximum Gasteiger partial charge on any atom is 0.292 e. The summed E-state index contributed by atoms with van der Waals surface area (Å²) in [5.74, 6) is -0.350. The molecule has 1 aromatic heterocycles. The second-order valence-corrected chi connectivity index (χ2v) is 4.81. The molecule has 0 aliphatic rings. The van der Waals surface area contributed by atoms with Gasteiger partial charge in [0, 0.05) is 24.4 Å². The Morgan fingerprint density at radius 2 is 1.76 bits per heavy atom. The first-order valence-corrected chi connectivity index (χ1v) is 6.38. The third kappa shape index (κ3) is 3.42. The smallest absolute Gasteiger partial charge is 0.292 e. The quantitative estimate of drug-likeness (QED) is 0.693. The van der Waals surface area contributed by atoms with Gasteiger partial charge in [0.25, 0.3) is 5.69 Å². The number of aromatic nitrogens is 1. The normalized spacial score (nSPS) is 10.2. The molecule has 0 atom stereocenters. The molecule has 0 aliphatic heterocycles. The molecule has 0 bridgehead atoms. The van der Waals surface area contributed by atoms with Gasteiger partial charge in [-0.05, 0) is 49.2 Å². The van der Waals surface area contributed by atoms with Gasteiger partial charge in [-0.3, -0.25) is 19.9 Å². The molecule has 0 saturated heterocycles. The predicted octanol–water partition coefficient (Wildman–Crippen LogP) is 3.23. The van der Waals surface area contributed by atoms with Gasteiger partial charge >= 0.3 is 0 Å². The predicted molar refractivity (Wildman–Crippen MR) is 80.1 cm³/mol. The van der Waals surface area contributed by atoms with Crippen LogP contribution in [0, 0.1) is 24.0 Å². The van der Waals surface area contributed by atoms with Gasteiger partial charge in [0.1, 0.15) is 5.69 Å². The first kappa shape index (κ1) is 14.6. The number of hydrogen-bond acceptors (Lipinski definition) is 4. The third-order valence-electron chi connectivity index (χ3n) is 2.92. The van der Waals surface area contributed by atoms with Crippen molar-refractivity contribution in [3.8, 4) is 11.1 Å². The summed E-state index contributed by atoms with van der Waals surface area (Å²) in [5, 5.41) is 13.5. The molecule has 21 heavy (non-hydrogen) atoms. The number of nitrogens with zero attached hydrogens (tertiary/aromatic N) is 2. The minimum Gasteiger partial charge on any atom is -0.321 e. The maximum absolute atomic E-state index is 11.2. The Labute approximate surface area is 122 Å². The number of aryl methyl sites for hydroxylation is 2. The lowest BCUT2D eigenvalue weighted by Gasteiger charge is -2.08. The first-order valence-electron chi connectivity index (χ1n) is 6.38. The van der Waals surface area contributed by atoms with Crippen LogP contribution in [0.1, 0.15) is 18.3 Å². The van der Waals surface area contributed by atoms with Gasteiger partial charge in [-0.2, -0.15) is 0 Å². The number of nitrogens with one attached hydrogen (secondary N) is 1. The summed E-state index contributed by atoms with van der Waals surface area (Å²) in [6.45, 7) is 5.09. The van der Waals surface area contributed by atoms with Crippen LogP contribution in [0.5, 0.6) is 0 Å². The molecule has 0 unspecified atom stereocenters. The second kappa shape index (κ2) is 5.70. The minimum absolute atomic E-state index is 0.128. The van der Waals surface area contributed by atoms with E-state index < -0.39 is 4.92 Å². The van der Waals surface area contributed by atoms with Crippen molar-refractivity contribution in [3.05, 3.63) is 51.8 Å². The highest BCUT2D eigenvalue weighted by Crippen LogP contribution is 2.31. The Morgan fingerprint density at radius 1 is 1.14 bits per heavy atom. The fraction of sp³-hybridized carbons (Fsp3) is 0.200. The zero-order valence-electron chi connectivity index (χ0n) is 12.0. The Bertz CT molecular complexity index is 706. The number of anilines is 1. The van der Waals surface area contributed by atoms with E-state index >= 15 is 0 Å². The molecule has 0 spiro atoms. The van der Waals surface area contributed by atoms with Crippen molar-refractivity contribution in [2.45, 2.75) is 20.8 Å². The monoisotopic (exact) mass is 285 g/mol. The average Bonchev–Trinajstić information content (AvgIpc) is 2.36. The van der Waals surface area contributed by atoms with E-state index in [1.807, 2.05) is 26.0 Å². The molecule has 2 aromatic rings. The third-order valence-corrected chi connectivity index (χ3v) is 2.92. The maximum atomic E-state index is 11.2. The van der Waals surface area contributed by atoms with Crippen LogP contribution in [0.4, 0.5) is 11.4 Å². The number of carbonyl (C=O) groups is 1. The van der Waals surface area contributed by atoms with E-state index in [9.17, 15) is 14.9 Å². The number of pyridine rings is 1. The van der Waals surface area contributed by atoms with Crippen molar-refractivity contribution in [1.29, 1.82) is 0 Å². The Kier molecular flexibility index (Phi) is 3.98. The largest absolute Gasteiger partial charge is 0.321 e. The van der Waals surface area contributed by atoms with Gasteiger partial charge in [0.05, 0.1) is 4.92 Å². The van der Waals surface area contributed by atoms with E-state index in [2.05, 4.69) is 10.3 Å². The number of rotatable bonds is 3. The standard InChI is InChI=1S/C15H15N3O3/c1-9-6-13(7-10(2)16-9)12-4-5-15(18(20)21)14(8-12)17-11(3)19/h4-8H,1-3H3,(H,17,19). The van der Waals surface area contributed by atoms with Crippen LogP contribution in [0.25, 0.3) is 11.1 Å². The zero-order chi connectivity index (χ0) is 15.6. The van der Waals surface area contributed by atoms with Crippen molar-refractivity contribution in [2.75, 3.05) is 5.32 Å². The Hall–Kier alpha value is -2.76. The number of nitro benzene ring substituents is 1. The zero-order valence-corrected chi connectivity index (χ0v) is 12.0. The summed E-state index contributed by atoms with van der Waals surface area (Å²) < 4.78 is 0. The second-order valence-electron chi connectivity index (χ2n) is 4.81. The molecule has 1 aromatic carbocycles. The van der Waals surface area contributed by atoms with Gasteiger partial charge in [-0.25, -0.2) is 0 Å². The van der Waals surface area contributed by atoms with Gasteiger partial charge in [0.15, 0.2) is 0 Å². The topological polar surface area (TPSA) is 85.1 Å². The van der Waals surface area contributed by atoms with Crippen LogP contribution in [-0.2, 0) is 4.79 Å². The summed E-state index contributed by atoms with van der Waals surface area (Å²) in [7, 11) is 0. The van der Waals surface area contributed by atoms with E-state index in [1.54, 1.807) is 12.1 Å². The molecule has 108 valence electrons. The number of amides is 1. The van der Waals surface area contributed by atoms with Crippen LogP contribution in [0.2, 0.25) is 0 Å². The van der Waals surface area contributed by atoms with Crippen molar-refractivity contribution < 1.29 is 9.72 Å². The number of hydrogen-bond donors (Lipinski definition) is 1. The Morgan fingerprint density at radius 3 is 2.29 bits per heavy atom. The van der Waals surface area contributed by atoms with E-state index in [0.29, 0.717) is 0 Å². The summed E-state index contributed by atoms with van der Waals surface area (Å²) in [5.41, 5.74) is 3.49. The SMILES string of the molecule is CC(=O)Nc1cc(-c2cc(C)nc(C)c2)ccc1[N+](=O)[O-]. The molecule has 0 aliphatic carbocycles. The first-order chi connectivity index (χ1) is 9.86. The Balaban J connectivity index is 2.55. The number of carbonyl (C=O) groups excluding carboxylic acids is 1. The summed E-state index contributed by atoms with van der Waals surface area (Å²) in [6.07, 6.45) is 0. The van der Waals surface area contributed by atoms with Crippen LogP contribution in [-0.4, -0.2) is 15.8 Å². The lowest BCUT2D eigenvalue weighted by Crippen LogP contribution is -2.08. The van der Waals surface area contributed by atoms with Crippen molar-refractivity contribution in [1.82, 2.24) is 4.98 Å². The number of benzene rings is 1. The van der Waals surface area contributed by atoms with Crippen LogP contribution < -0.4 is 5.32 Å². The molecule has 0 radical (unpaired) electrons. The average molecular weight is 285 g/mol. The highest BCUT2D eigenvalue weighted by atomic mass is 16.6. The minimum atomic E-state index is -0.516. The molecule has 2 rings (SSSR count). The molecule has 1 heterocycles. The fourth-order valence-electron chi connectivity index (χ4n) is 2.17. The highest BCUT2D eigenvalue weighted by Gasteiger charge is 2.16. The van der Waals surface area contributed by atoms with E-state index in [1.165, 1.54) is 13.0 Å². The van der Waals surface area contributed by atoms with E-state index in [0.717, 1.165) is 22.5 Å². The van der Waals surface area contributed by atoms with Crippen LogP contribution in [0.3, 0.4) is 0 Å². The summed E-state index contributed by atoms with van der Waals surface area (Å²) in [4.78, 5) is 26.0. The van der Waals surface area contributed by atoms with Crippen molar-refractivity contribution in [3.63, 3.8) is 0 Å². The summed E-state index contributed by atoms with van der Waals surface area (Å²) in [6, 6.07) is 8.45.